The molecule has 0 bridgehead atoms. The van der Waals surface area contributed by atoms with Crippen LogP contribution in [0.15, 0.2) is 0 Å². The molecule has 2 saturated carbocycles. The Morgan fingerprint density at radius 2 is 1.94 bits per heavy atom. The number of rotatable bonds is 3. The summed E-state index contributed by atoms with van der Waals surface area (Å²) in [5.41, 5.74) is 5.70. The standard InChI is InChI=1S/C13H24N2O/c1-13(5-3-4-6-13)12(16)15(2)9-10-7-11(14)8-10/h10-11H,3-9,14H2,1-2H3. The zero-order chi connectivity index (χ0) is 11.8. The Labute approximate surface area is 98.4 Å². The SMILES string of the molecule is CN(CC1CC(N)C1)C(=O)C1(C)CCCC1. The van der Waals surface area contributed by atoms with Gasteiger partial charge in [-0.2, -0.15) is 0 Å². The quantitative estimate of drug-likeness (QED) is 0.794. The maximum absolute atomic E-state index is 12.3. The summed E-state index contributed by atoms with van der Waals surface area (Å²) in [6.07, 6.45) is 6.75. The van der Waals surface area contributed by atoms with Gasteiger partial charge in [0.25, 0.3) is 0 Å². The zero-order valence-electron chi connectivity index (χ0n) is 10.5. The van der Waals surface area contributed by atoms with E-state index in [0.29, 0.717) is 17.9 Å². The van der Waals surface area contributed by atoms with Gasteiger partial charge in [-0.05, 0) is 31.6 Å². The summed E-state index contributed by atoms with van der Waals surface area (Å²) in [6, 6.07) is 0.385. The molecule has 0 saturated heterocycles. The monoisotopic (exact) mass is 224 g/mol. The van der Waals surface area contributed by atoms with Crippen LogP contribution in [-0.4, -0.2) is 30.4 Å². The largest absolute Gasteiger partial charge is 0.345 e. The Hall–Kier alpha value is -0.570. The van der Waals surface area contributed by atoms with E-state index >= 15 is 0 Å². The number of amides is 1. The summed E-state index contributed by atoms with van der Waals surface area (Å²) in [5.74, 6) is 0.999. The van der Waals surface area contributed by atoms with Crippen LogP contribution in [-0.2, 0) is 4.79 Å². The van der Waals surface area contributed by atoms with Crippen molar-refractivity contribution in [3.63, 3.8) is 0 Å². The third kappa shape index (κ3) is 2.24. The first kappa shape index (κ1) is 11.9. The molecule has 16 heavy (non-hydrogen) atoms. The Balaban J connectivity index is 1.84. The highest BCUT2D eigenvalue weighted by molar-refractivity contribution is 5.82. The molecule has 0 unspecified atom stereocenters. The van der Waals surface area contributed by atoms with E-state index in [0.717, 1.165) is 32.2 Å². The highest BCUT2D eigenvalue weighted by Gasteiger charge is 2.39. The summed E-state index contributed by atoms with van der Waals surface area (Å²) >= 11 is 0. The zero-order valence-corrected chi connectivity index (χ0v) is 10.5. The van der Waals surface area contributed by atoms with Crippen LogP contribution in [0.2, 0.25) is 0 Å². The normalized spacial score (nSPS) is 32.2. The average Bonchev–Trinajstić information content (AvgIpc) is 2.63. The molecule has 2 aliphatic carbocycles. The first-order chi connectivity index (χ1) is 7.51. The third-order valence-corrected chi connectivity index (χ3v) is 4.37. The smallest absolute Gasteiger partial charge is 0.228 e. The van der Waals surface area contributed by atoms with Crippen LogP contribution >= 0.6 is 0 Å². The molecule has 0 aliphatic heterocycles. The fourth-order valence-electron chi connectivity index (χ4n) is 3.24. The first-order valence-electron chi connectivity index (χ1n) is 6.52. The maximum Gasteiger partial charge on any atom is 0.228 e. The predicted molar refractivity (Wildman–Crippen MR) is 64.9 cm³/mol. The molecule has 3 heteroatoms. The van der Waals surface area contributed by atoms with E-state index in [2.05, 4.69) is 6.92 Å². The van der Waals surface area contributed by atoms with Crippen molar-refractivity contribution in [2.75, 3.05) is 13.6 Å². The van der Waals surface area contributed by atoms with Gasteiger partial charge >= 0.3 is 0 Å². The van der Waals surface area contributed by atoms with Crippen molar-refractivity contribution in [1.29, 1.82) is 0 Å². The molecule has 3 nitrogen and oxygen atoms in total. The molecule has 0 spiro atoms. The van der Waals surface area contributed by atoms with Gasteiger partial charge in [-0.25, -0.2) is 0 Å². The van der Waals surface area contributed by atoms with E-state index in [9.17, 15) is 4.79 Å². The fourth-order valence-corrected chi connectivity index (χ4v) is 3.24. The van der Waals surface area contributed by atoms with Crippen molar-refractivity contribution in [2.24, 2.45) is 17.1 Å². The summed E-state index contributed by atoms with van der Waals surface area (Å²) in [7, 11) is 1.95. The topological polar surface area (TPSA) is 46.3 Å². The molecule has 0 atom stereocenters. The lowest BCUT2D eigenvalue weighted by molar-refractivity contribution is -0.140. The van der Waals surface area contributed by atoms with Crippen molar-refractivity contribution < 1.29 is 4.79 Å². The van der Waals surface area contributed by atoms with Gasteiger partial charge in [0.2, 0.25) is 5.91 Å². The van der Waals surface area contributed by atoms with Gasteiger partial charge in [-0.15, -0.1) is 0 Å². The minimum Gasteiger partial charge on any atom is -0.345 e. The summed E-state index contributed by atoms with van der Waals surface area (Å²) in [6.45, 7) is 3.04. The molecule has 0 radical (unpaired) electrons. The van der Waals surface area contributed by atoms with Gasteiger partial charge in [0, 0.05) is 25.0 Å². The number of nitrogens with two attached hydrogens (primary N) is 1. The van der Waals surface area contributed by atoms with Crippen molar-refractivity contribution >= 4 is 5.91 Å². The van der Waals surface area contributed by atoms with Crippen LogP contribution in [0.25, 0.3) is 0 Å². The molecule has 0 heterocycles. The van der Waals surface area contributed by atoms with E-state index in [4.69, 9.17) is 5.73 Å². The van der Waals surface area contributed by atoms with Crippen LogP contribution in [0.3, 0.4) is 0 Å². The van der Waals surface area contributed by atoms with Gasteiger partial charge in [-0.3, -0.25) is 4.79 Å². The first-order valence-corrected chi connectivity index (χ1v) is 6.52. The van der Waals surface area contributed by atoms with Crippen LogP contribution in [0.4, 0.5) is 0 Å². The average molecular weight is 224 g/mol. The van der Waals surface area contributed by atoms with Crippen molar-refractivity contribution in [3.05, 3.63) is 0 Å². The number of nitrogens with zero attached hydrogens (tertiary/aromatic N) is 1. The predicted octanol–water partition coefficient (Wildman–Crippen LogP) is 1.76. The number of carbonyl (C=O) groups excluding carboxylic acids is 1. The van der Waals surface area contributed by atoms with E-state index in [1.165, 1.54) is 12.8 Å². The Bertz CT molecular complexity index is 265. The Morgan fingerprint density at radius 1 is 1.38 bits per heavy atom. The maximum atomic E-state index is 12.3. The number of hydrogen-bond donors (Lipinski definition) is 1. The summed E-state index contributed by atoms with van der Waals surface area (Å²) in [5, 5.41) is 0. The van der Waals surface area contributed by atoms with Crippen LogP contribution < -0.4 is 5.73 Å². The second kappa shape index (κ2) is 4.36. The van der Waals surface area contributed by atoms with E-state index < -0.39 is 0 Å². The van der Waals surface area contributed by atoms with E-state index in [-0.39, 0.29) is 5.41 Å². The summed E-state index contributed by atoms with van der Waals surface area (Å²) in [4.78, 5) is 14.3. The van der Waals surface area contributed by atoms with Crippen molar-refractivity contribution in [2.45, 2.75) is 51.5 Å². The highest BCUT2D eigenvalue weighted by atomic mass is 16.2. The number of hydrogen-bond acceptors (Lipinski definition) is 2. The molecule has 2 N–H and O–H groups in total. The van der Waals surface area contributed by atoms with Crippen molar-refractivity contribution in [3.8, 4) is 0 Å². The number of carbonyl (C=O) groups is 1. The molecule has 0 aromatic rings. The van der Waals surface area contributed by atoms with Gasteiger partial charge in [0.15, 0.2) is 0 Å². The lowest BCUT2D eigenvalue weighted by Crippen LogP contribution is -2.46. The summed E-state index contributed by atoms with van der Waals surface area (Å²) < 4.78 is 0. The van der Waals surface area contributed by atoms with Gasteiger partial charge in [0.05, 0.1) is 0 Å². The Kier molecular flexibility index (Phi) is 3.24. The molecule has 92 valence electrons. The second-order valence-corrected chi connectivity index (χ2v) is 6.05. The molecule has 2 aliphatic rings. The second-order valence-electron chi connectivity index (χ2n) is 6.05. The molecule has 1 amide bonds. The lowest BCUT2D eigenvalue weighted by atomic mass is 9.80. The molecule has 2 rings (SSSR count). The molecular formula is C13H24N2O. The fraction of sp³-hybridized carbons (Fsp3) is 0.923. The van der Waals surface area contributed by atoms with E-state index in [1.807, 2.05) is 11.9 Å². The van der Waals surface area contributed by atoms with Crippen LogP contribution in [0.1, 0.15) is 45.4 Å². The minimum absolute atomic E-state index is 0.0688. The van der Waals surface area contributed by atoms with Gasteiger partial charge in [-0.1, -0.05) is 19.8 Å². The van der Waals surface area contributed by atoms with Crippen LogP contribution in [0, 0.1) is 11.3 Å². The van der Waals surface area contributed by atoms with Crippen molar-refractivity contribution in [1.82, 2.24) is 4.90 Å². The van der Waals surface area contributed by atoms with Crippen LogP contribution in [0.5, 0.6) is 0 Å². The molecule has 0 aromatic heterocycles. The Morgan fingerprint density at radius 3 is 2.44 bits per heavy atom. The highest BCUT2D eigenvalue weighted by Crippen LogP contribution is 2.39. The van der Waals surface area contributed by atoms with Gasteiger partial charge < -0.3 is 10.6 Å². The van der Waals surface area contributed by atoms with Gasteiger partial charge in [0.1, 0.15) is 0 Å². The molecular weight excluding hydrogens is 200 g/mol. The third-order valence-electron chi connectivity index (χ3n) is 4.37. The lowest BCUT2D eigenvalue weighted by Gasteiger charge is -2.37. The molecule has 0 aromatic carbocycles. The van der Waals surface area contributed by atoms with E-state index in [1.54, 1.807) is 0 Å². The molecule has 2 fully saturated rings. The minimum atomic E-state index is -0.0688.